The average Bonchev–Trinajstić information content (AvgIpc) is 2.96. The highest BCUT2D eigenvalue weighted by atomic mass is 16.5. The molecule has 0 N–H and O–H groups in total. The molecule has 3 rings (SSSR count). The lowest BCUT2D eigenvalue weighted by molar-refractivity contribution is 0.0610. The van der Waals surface area contributed by atoms with Crippen molar-refractivity contribution in [1.29, 1.82) is 0 Å². The molecule has 0 fully saturated rings. The number of hydrogen-bond acceptors (Lipinski definition) is 3. The van der Waals surface area contributed by atoms with E-state index >= 15 is 0 Å². The number of aryl methyl sites for hydroxylation is 1. The predicted octanol–water partition coefficient (Wildman–Crippen LogP) is 2.74. The zero-order chi connectivity index (χ0) is 13.2. The van der Waals surface area contributed by atoms with E-state index in [0.717, 1.165) is 24.5 Å². The first-order valence-corrected chi connectivity index (χ1v) is 6.85. The van der Waals surface area contributed by atoms with Gasteiger partial charge in [-0.15, -0.1) is 0 Å². The highest BCUT2D eigenvalue weighted by molar-refractivity contribution is 5.22. The fourth-order valence-corrected chi connectivity index (χ4v) is 2.50. The third-order valence-corrected chi connectivity index (χ3v) is 3.41. The SMILES string of the molecule is CC(C)OCc1nc2n(n1)C(c1ccccc1)CC2. The van der Waals surface area contributed by atoms with Gasteiger partial charge in [-0.1, -0.05) is 30.3 Å². The van der Waals surface area contributed by atoms with Crippen molar-refractivity contribution in [3.63, 3.8) is 0 Å². The van der Waals surface area contributed by atoms with Crippen LogP contribution in [0.4, 0.5) is 0 Å². The molecular weight excluding hydrogens is 238 g/mol. The summed E-state index contributed by atoms with van der Waals surface area (Å²) in [5.41, 5.74) is 1.31. The summed E-state index contributed by atoms with van der Waals surface area (Å²) in [4.78, 5) is 4.57. The summed E-state index contributed by atoms with van der Waals surface area (Å²) < 4.78 is 7.63. The topological polar surface area (TPSA) is 39.9 Å². The standard InChI is InChI=1S/C15H19N3O/c1-11(2)19-10-14-16-15-9-8-13(18(15)17-14)12-6-4-3-5-7-12/h3-7,11,13H,8-10H2,1-2H3. The Kier molecular flexibility index (Phi) is 3.34. The zero-order valence-corrected chi connectivity index (χ0v) is 11.4. The molecule has 19 heavy (non-hydrogen) atoms. The lowest BCUT2D eigenvalue weighted by Gasteiger charge is -2.11. The summed E-state index contributed by atoms with van der Waals surface area (Å²) in [6.07, 6.45) is 2.29. The van der Waals surface area contributed by atoms with Gasteiger partial charge in [0, 0.05) is 6.42 Å². The van der Waals surface area contributed by atoms with E-state index in [0.29, 0.717) is 12.6 Å². The quantitative estimate of drug-likeness (QED) is 0.845. The molecule has 100 valence electrons. The second kappa shape index (κ2) is 5.13. The number of fused-ring (bicyclic) bond motifs is 1. The maximum absolute atomic E-state index is 5.57. The molecule has 4 heteroatoms. The number of rotatable bonds is 4. The molecule has 1 aliphatic heterocycles. The first kappa shape index (κ1) is 12.4. The fraction of sp³-hybridized carbons (Fsp3) is 0.467. The molecular formula is C15H19N3O. The minimum absolute atomic E-state index is 0.211. The first-order valence-electron chi connectivity index (χ1n) is 6.85. The normalized spacial score (nSPS) is 17.9. The highest BCUT2D eigenvalue weighted by Gasteiger charge is 2.26. The Balaban J connectivity index is 1.80. The molecule has 2 heterocycles. The van der Waals surface area contributed by atoms with E-state index in [1.807, 2.05) is 19.9 Å². The Morgan fingerprint density at radius 3 is 2.84 bits per heavy atom. The van der Waals surface area contributed by atoms with Gasteiger partial charge in [0.05, 0.1) is 12.1 Å². The zero-order valence-electron chi connectivity index (χ0n) is 11.4. The van der Waals surface area contributed by atoms with Crippen molar-refractivity contribution in [2.75, 3.05) is 0 Å². The minimum atomic E-state index is 0.211. The van der Waals surface area contributed by atoms with Crippen molar-refractivity contribution in [2.24, 2.45) is 0 Å². The Morgan fingerprint density at radius 2 is 2.11 bits per heavy atom. The van der Waals surface area contributed by atoms with Gasteiger partial charge in [-0.25, -0.2) is 9.67 Å². The van der Waals surface area contributed by atoms with Crippen LogP contribution in [0.5, 0.6) is 0 Å². The van der Waals surface area contributed by atoms with Gasteiger partial charge in [0.1, 0.15) is 12.4 Å². The van der Waals surface area contributed by atoms with Gasteiger partial charge in [0.25, 0.3) is 0 Å². The summed E-state index contributed by atoms with van der Waals surface area (Å²) in [5.74, 6) is 1.88. The highest BCUT2D eigenvalue weighted by Crippen LogP contribution is 2.30. The van der Waals surface area contributed by atoms with Crippen LogP contribution in [0, 0.1) is 0 Å². The van der Waals surface area contributed by atoms with Crippen LogP contribution in [0.2, 0.25) is 0 Å². The van der Waals surface area contributed by atoms with Gasteiger partial charge in [0.2, 0.25) is 0 Å². The van der Waals surface area contributed by atoms with Gasteiger partial charge in [-0.2, -0.15) is 5.10 Å². The fourth-order valence-electron chi connectivity index (χ4n) is 2.50. The van der Waals surface area contributed by atoms with E-state index in [1.54, 1.807) is 0 Å². The van der Waals surface area contributed by atoms with E-state index < -0.39 is 0 Å². The van der Waals surface area contributed by atoms with Crippen molar-refractivity contribution >= 4 is 0 Å². The molecule has 4 nitrogen and oxygen atoms in total. The van der Waals surface area contributed by atoms with E-state index in [4.69, 9.17) is 4.74 Å². The molecule has 0 amide bonds. The number of hydrogen-bond donors (Lipinski definition) is 0. The molecule has 1 aromatic heterocycles. The molecule has 0 saturated heterocycles. The lowest BCUT2D eigenvalue weighted by Crippen LogP contribution is -2.09. The molecule has 0 bridgehead atoms. The third-order valence-electron chi connectivity index (χ3n) is 3.41. The van der Waals surface area contributed by atoms with Gasteiger partial charge < -0.3 is 4.74 Å². The second-order valence-electron chi connectivity index (χ2n) is 5.21. The third kappa shape index (κ3) is 2.54. The van der Waals surface area contributed by atoms with E-state index in [2.05, 4.69) is 39.0 Å². The monoisotopic (exact) mass is 257 g/mol. The molecule has 0 spiro atoms. The van der Waals surface area contributed by atoms with Crippen molar-refractivity contribution in [1.82, 2.24) is 14.8 Å². The molecule has 0 radical (unpaired) electrons. The van der Waals surface area contributed by atoms with Crippen molar-refractivity contribution in [3.05, 3.63) is 47.5 Å². The summed E-state index contributed by atoms with van der Waals surface area (Å²) in [5, 5.41) is 4.60. The van der Waals surface area contributed by atoms with Gasteiger partial charge in [0.15, 0.2) is 5.82 Å². The van der Waals surface area contributed by atoms with Crippen molar-refractivity contribution in [3.8, 4) is 0 Å². The first-order chi connectivity index (χ1) is 9.24. The molecule has 1 unspecified atom stereocenters. The minimum Gasteiger partial charge on any atom is -0.371 e. The molecule has 1 atom stereocenters. The van der Waals surface area contributed by atoms with Crippen molar-refractivity contribution in [2.45, 2.75) is 45.4 Å². The van der Waals surface area contributed by atoms with Gasteiger partial charge in [-0.3, -0.25) is 0 Å². The largest absolute Gasteiger partial charge is 0.371 e. The van der Waals surface area contributed by atoms with Crippen LogP contribution in [0.15, 0.2) is 30.3 Å². The molecule has 0 aliphatic carbocycles. The molecule has 1 aromatic carbocycles. The summed E-state index contributed by atoms with van der Waals surface area (Å²) in [6.45, 7) is 4.55. The second-order valence-corrected chi connectivity index (χ2v) is 5.21. The maximum Gasteiger partial charge on any atom is 0.176 e. The van der Waals surface area contributed by atoms with Crippen LogP contribution in [-0.2, 0) is 17.8 Å². The predicted molar refractivity (Wildman–Crippen MR) is 72.8 cm³/mol. The smallest absolute Gasteiger partial charge is 0.176 e. The number of benzene rings is 1. The number of aromatic nitrogens is 3. The van der Waals surface area contributed by atoms with Crippen LogP contribution in [0.25, 0.3) is 0 Å². The van der Waals surface area contributed by atoms with Crippen molar-refractivity contribution < 1.29 is 4.74 Å². The Morgan fingerprint density at radius 1 is 1.32 bits per heavy atom. The van der Waals surface area contributed by atoms with Crippen LogP contribution < -0.4 is 0 Å². The Labute approximate surface area is 113 Å². The van der Waals surface area contributed by atoms with Crippen LogP contribution in [0.3, 0.4) is 0 Å². The number of ether oxygens (including phenoxy) is 1. The van der Waals surface area contributed by atoms with Gasteiger partial charge in [-0.05, 0) is 25.8 Å². The maximum atomic E-state index is 5.57. The summed E-state index contributed by atoms with van der Waals surface area (Å²) in [7, 11) is 0. The number of nitrogens with zero attached hydrogens (tertiary/aromatic N) is 3. The van der Waals surface area contributed by atoms with Crippen LogP contribution in [-0.4, -0.2) is 20.9 Å². The Bertz CT molecular complexity index is 548. The molecule has 2 aromatic rings. The van der Waals surface area contributed by atoms with Crippen LogP contribution >= 0.6 is 0 Å². The molecule has 1 aliphatic rings. The summed E-state index contributed by atoms with van der Waals surface area (Å²) >= 11 is 0. The van der Waals surface area contributed by atoms with Crippen LogP contribution in [0.1, 0.15) is 43.5 Å². The van der Waals surface area contributed by atoms with E-state index in [9.17, 15) is 0 Å². The van der Waals surface area contributed by atoms with E-state index in [1.165, 1.54) is 5.56 Å². The summed E-state index contributed by atoms with van der Waals surface area (Å²) in [6, 6.07) is 10.8. The average molecular weight is 257 g/mol. The van der Waals surface area contributed by atoms with Gasteiger partial charge >= 0.3 is 0 Å². The molecule has 0 saturated carbocycles. The Hall–Kier alpha value is -1.68. The van der Waals surface area contributed by atoms with E-state index in [-0.39, 0.29) is 6.10 Å². The lowest BCUT2D eigenvalue weighted by atomic mass is 10.1.